The van der Waals surface area contributed by atoms with Gasteiger partial charge >= 0.3 is 0 Å². The van der Waals surface area contributed by atoms with E-state index in [9.17, 15) is 32.5 Å². The molecule has 1 atom stereocenters. The summed E-state index contributed by atoms with van der Waals surface area (Å²) < 4.78 is 42.5. The van der Waals surface area contributed by atoms with Crippen LogP contribution in [-0.2, 0) is 26.2 Å². The van der Waals surface area contributed by atoms with E-state index in [1.54, 1.807) is 19.1 Å². The molecule has 1 N–H and O–H groups in total. The third-order valence-corrected chi connectivity index (χ3v) is 7.56. The SMILES string of the molecule is CCNC(=O)[C@H](C)N(Cc1ccccc1F)C(=O)CN(c1ccc([N+](=O)[O-])cc1)S(=O)(=O)c1ccccc1. The van der Waals surface area contributed by atoms with Crippen molar-refractivity contribution in [2.24, 2.45) is 0 Å². The van der Waals surface area contributed by atoms with Crippen molar-refractivity contribution in [1.29, 1.82) is 0 Å². The Hall–Kier alpha value is -4.32. The first kappa shape index (κ1) is 28.3. The number of rotatable bonds is 11. The second-order valence-corrected chi connectivity index (χ2v) is 10.1. The van der Waals surface area contributed by atoms with Crippen molar-refractivity contribution in [3.05, 3.63) is 100 Å². The fraction of sp³-hybridized carbons (Fsp3) is 0.231. The van der Waals surface area contributed by atoms with E-state index in [4.69, 9.17) is 0 Å². The van der Waals surface area contributed by atoms with Crippen LogP contribution in [0.1, 0.15) is 19.4 Å². The zero-order chi connectivity index (χ0) is 27.9. The molecule has 0 bridgehead atoms. The number of likely N-dealkylation sites (N-methyl/N-ethyl adjacent to an activating group) is 1. The Labute approximate surface area is 219 Å². The van der Waals surface area contributed by atoms with Gasteiger partial charge in [-0.1, -0.05) is 36.4 Å². The number of anilines is 1. The van der Waals surface area contributed by atoms with Crippen molar-refractivity contribution in [1.82, 2.24) is 10.2 Å². The molecule has 0 aliphatic heterocycles. The summed E-state index contributed by atoms with van der Waals surface area (Å²) in [6.07, 6.45) is 0. The van der Waals surface area contributed by atoms with Crippen LogP contribution in [-0.4, -0.2) is 49.2 Å². The molecule has 0 saturated carbocycles. The van der Waals surface area contributed by atoms with E-state index < -0.39 is 45.2 Å². The number of nitro benzene ring substituents is 1. The Morgan fingerprint density at radius 1 is 1.00 bits per heavy atom. The van der Waals surface area contributed by atoms with E-state index in [1.807, 2.05) is 0 Å². The maximum Gasteiger partial charge on any atom is 0.269 e. The van der Waals surface area contributed by atoms with Crippen molar-refractivity contribution < 1.29 is 27.3 Å². The van der Waals surface area contributed by atoms with E-state index >= 15 is 0 Å². The lowest BCUT2D eigenvalue weighted by Gasteiger charge is -2.32. The quantitative estimate of drug-likeness (QED) is 0.292. The first-order valence-corrected chi connectivity index (χ1v) is 13.1. The molecule has 0 unspecified atom stereocenters. The summed E-state index contributed by atoms with van der Waals surface area (Å²) in [6.45, 7) is 2.43. The number of amides is 2. The molecule has 2 amide bonds. The zero-order valence-electron chi connectivity index (χ0n) is 20.8. The van der Waals surface area contributed by atoms with E-state index in [-0.39, 0.29) is 28.4 Å². The maximum atomic E-state index is 14.5. The molecular formula is C26H27FN4O6S. The van der Waals surface area contributed by atoms with Crippen LogP contribution in [0.5, 0.6) is 0 Å². The largest absolute Gasteiger partial charge is 0.355 e. The van der Waals surface area contributed by atoms with Gasteiger partial charge in [-0.3, -0.25) is 24.0 Å². The second kappa shape index (κ2) is 12.3. The van der Waals surface area contributed by atoms with Gasteiger partial charge in [0.25, 0.3) is 15.7 Å². The zero-order valence-corrected chi connectivity index (χ0v) is 21.6. The summed E-state index contributed by atoms with van der Waals surface area (Å²) in [6, 6.07) is 16.8. The average Bonchev–Trinajstić information content (AvgIpc) is 2.91. The molecule has 0 saturated heterocycles. The molecule has 0 aliphatic rings. The van der Waals surface area contributed by atoms with Crippen LogP contribution in [0, 0.1) is 15.9 Å². The minimum Gasteiger partial charge on any atom is -0.355 e. The number of benzene rings is 3. The summed E-state index contributed by atoms with van der Waals surface area (Å²) >= 11 is 0. The van der Waals surface area contributed by atoms with Gasteiger partial charge in [0.1, 0.15) is 18.4 Å². The third-order valence-electron chi connectivity index (χ3n) is 5.78. The molecular weight excluding hydrogens is 515 g/mol. The predicted octanol–water partition coefficient (Wildman–Crippen LogP) is 3.48. The van der Waals surface area contributed by atoms with Crippen LogP contribution < -0.4 is 9.62 Å². The number of carbonyl (C=O) groups excluding carboxylic acids is 2. The number of nitro groups is 1. The Morgan fingerprint density at radius 3 is 2.18 bits per heavy atom. The highest BCUT2D eigenvalue weighted by Crippen LogP contribution is 2.26. The lowest BCUT2D eigenvalue weighted by Crippen LogP contribution is -2.51. The van der Waals surface area contributed by atoms with Gasteiger partial charge in [-0.15, -0.1) is 0 Å². The highest BCUT2D eigenvalue weighted by Gasteiger charge is 2.32. The van der Waals surface area contributed by atoms with Crippen molar-refractivity contribution in [3.63, 3.8) is 0 Å². The first-order valence-electron chi connectivity index (χ1n) is 11.7. The smallest absolute Gasteiger partial charge is 0.269 e. The van der Waals surface area contributed by atoms with Crippen LogP contribution in [0.25, 0.3) is 0 Å². The van der Waals surface area contributed by atoms with Crippen LogP contribution in [0.2, 0.25) is 0 Å². The van der Waals surface area contributed by atoms with E-state index in [1.165, 1.54) is 61.5 Å². The van der Waals surface area contributed by atoms with Crippen molar-refractivity contribution in [2.45, 2.75) is 31.3 Å². The number of hydrogen-bond donors (Lipinski definition) is 1. The molecule has 200 valence electrons. The molecule has 12 heteroatoms. The fourth-order valence-corrected chi connectivity index (χ4v) is 5.14. The molecule has 0 spiro atoms. The molecule has 3 aromatic carbocycles. The lowest BCUT2D eigenvalue weighted by atomic mass is 10.1. The van der Waals surface area contributed by atoms with Crippen LogP contribution in [0.4, 0.5) is 15.8 Å². The van der Waals surface area contributed by atoms with Gasteiger partial charge in [0.15, 0.2) is 0 Å². The molecule has 3 rings (SSSR count). The number of nitrogens with one attached hydrogen (secondary N) is 1. The Kier molecular flexibility index (Phi) is 9.13. The Morgan fingerprint density at radius 2 is 1.61 bits per heavy atom. The molecule has 0 aliphatic carbocycles. The second-order valence-electron chi connectivity index (χ2n) is 8.28. The lowest BCUT2D eigenvalue weighted by molar-refractivity contribution is -0.384. The number of nitrogens with zero attached hydrogens (tertiary/aromatic N) is 3. The first-order chi connectivity index (χ1) is 18.1. The highest BCUT2D eigenvalue weighted by molar-refractivity contribution is 7.92. The summed E-state index contributed by atoms with van der Waals surface area (Å²) in [7, 11) is -4.31. The van der Waals surface area contributed by atoms with Gasteiger partial charge in [0, 0.05) is 30.8 Å². The standard InChI is InChI=1S/C26H27FN4O6S/c1-3-28-26(33)19(2)29(17-20-9-7-8-12-24(20)27)25(32)18-30(21-13-15-22(16-14-21)31(34)35)38(36,37)23-10-5-4-6-11-23/h4-16,19H,3,17-18H2,1-2H3,(H,28,33)/t19-/m0/s1. The Bertz CT molecular complexity index is 1400. The maximum absolute atomic E-state index is 14.5. The molecule has 0 fully saturated rings. The van der Waals surface area contributed by atoms with Crippen molar-refractivity contribution in [2.75, 3.05) is 17.4 Å². The van der Waals surface area contributed by atoms with Crippen LogP contribution in [0.3, 0.4) is 0 Å². The number of carbonyl (C=O) groups is 2. The van der Waals surface area contributed by atoms with Gasteiger partial charge in [-0.25, -0.2) is 12.8 Å². The predicted molar refractivity (Wildman–Crippen MR) is 139 cm³/mol. The molecule has 0 radical (unpaired) electrons. The van der Waals surface area contributed by atoms with Gasteiger partial charge in [0.2, 0.25) is 11.8 Å². The topological polar surface area (TPSA) is 130 Å². The Balaban J connectivity index is 2.05. The van der Waals surface area contributed by atoms with Gasteiger partial charge in [0.05, 0.1) is 15.5 Å². The number of halogens is 1. The molecule has 10 nitrogen and oxygen atoms in total. The minimum absolute atomic E-state index is 0.00399. The van der Waals surface area contributed by atoms with Crippen LogP contribution in [0.15, 0.2) is 83.8 Å². The van der Waals surface area contributed by atoms with Gasteiger partial charge < -0.3 is 10.2 Å². The van der Waals surface area contributed by atoms with Crippen molar-refractivity contribution >= 4 is 33.2 Å². The van der Waals surface area contributed by atoms with Crippen LogP contribution >= 0.6 is 0 Å². The van der Waals surface area contributed by atoms with Gasteiger partial charge in [-0.05, 0) is 44.2 Å². The average molecular weight is 543 g/mol. The summed E-state index contributed by atoms with van der Waals surface area (Å²) in [5.41, 5.74) is -0.114. The third kappa shape index (κ3) is 6.51. The summed E-state index contributed by atoms with van der Waals surface area (Å²) in [4.78, 5) is 37.8. The van der Waals surface area contributed by atoms with E-state index in [0.717, 1.165) is 21.3 Å². The molecule has 0 heterocycles. The summed E-state index contributed by atoms with van der Waals surface area (Å²) in [5, 5.41) is 13.7. The van der Waals surface area contributed by atoms with E-state index in [2.05, 4.69) is 5.32 Å². The monoisotopic (exact) mass is 542 g/mol. The molecule has 3 aromatic rings. The van der Waals surface area contributed by atoms with Gasteiger partial charge in [-0.2, -0.15) is 0 Å². The normalized spacial score (nSPS) is 11.9. The molecule has 0 aromatic heterocycles. The minimum atomic E-state index is -4.31. The fourth-order valence-electron chi connectivity index (χ4n) is 3.70. The van der Waals surface area contributed by atoms with Crippen molar-refractivity contribution in [3.8, 4) is 0 Å². The number of hydrogen-bond acceptors (Lipinski definition) is 6. The summed E-state index contributed by atoms with van der Waals surface area (Å²) in [5.74, 6) is -1.85. The molecule has 38 heavy (non-hydrogen) atoms. The highest BCUT2D eigenvalue weighted by atomic mass is 32.2. The van der Waals surface area contributed by atoms with E-state index in [0.29, 0.717) is 6.54 Å². The number of non-ortho nitro benzene ring substituents is 1. The number of sulfonamides is 1.